The van der Waals surface area contributed by atoms with Gasteiger partial charge >= 0.3 is 5.51 Å². The Kier molecular flexibility index (Phi) is 11.5. The summed E-state index contributed by atoms with van der Waals surface area (Å²) in [7, 11) is -5.41. The van der Waals surface area contributed by atoms with Crippen LogP contribution in [0.5, 0.6) is 0 Å². The highest BCUT2D eigenvalue weighted by molar-refractivity contribution is 7.92. The number of benzene rings is 2. The molecule has 1 heterocycles. The average Bonchev–Trinajstić information content (AvgIpc) is 3.39. The van der Waals surface area contributed by atoms with Gasteiger partial charge in [0.1, 0.15) is 0 Å². The second-order valence-electron chi connectivity index (χ2n) is 9.70. The SMILES string of the molecule is CCCCCCCCCCCc1noc(-c2ccc(C(Cc3ccc(S(=O)(=O)C(F)(F)F)cc3)NO)cc2)n1. The maximum absolute atomic E-state index is 12.8. The lowest BCUT2D eigenvalue weighted by molar-refractivity contribution is -0.0436. The summed E-state index contributed by atoms with van der Waals surface area (Å²) in [5.74, 6) is 1.07. The second-order valence-corrected chi connectivity index (χ2v) is 11.6. The van der Waals surface area contributed by atoms with Crippen molar-refractivity contribution in [2.45, 2.75) is 94.0 Å². The fourth-order valence-electron chi connectivity index (χ4n) is 4.34. The summed E-state index contributed by atoms with van der Waals surface area (Å²) in [6.07, 6.45) is 12.2. The zero-order chi connectivity index (χ0) is 28.3. The number of alkyl halides is 3. The van der Waals surface area contributed by atoms with Gasteiger partial charge in [-0.2, -0.15) is 23.6 Å². The van der Waals surface area contributed by atoms with Crippen LogP contribution in [0, 0.1) is 0 Å². The molecule has 214 valence electrons. The van der Waals surface area contributed by atoms with Crippen molar-refractivity contribution < 1.29 is 31.3 Å². The van der Waals surface area contributed by atoms with E-state index in [2.05, 4.69) is 22.5 Å². The highest BCUT2D eigenvalue weighted by atomic mass is 32.2. The van der Waals surface area contributed by atoms with Crippen LogP contribution in [0.3, 0.4) is 0 Å². The van der Waals surface area contributed by atoms with E-state index in [9.17, 15) is 26.8 Å². The van der Waals surface area contributed by atoms with Gasteiger partial charge in [-0.3, -0.25) is 0 Å². The average molecular weight is 568 g/mol. The zero-order valence-corrected chi connectivity index (χ0v) is 22.9. The molecular weight excluding hydrogens is 531 g/mol. The number of aromatic nitrogens is 2. The van der Waals surface area contributed by atoms with E-state index in [0.29, 0.717) is 22.8 Å². The maximum atomic E-state index is 12.8. The molecule has 1 unspecified atom stereocenters. The van der Waals surface area contributed by atoms with Gasteiger partial charge < -0.3 is 9.73 Å². The van der Waals surface area contributed by atoms with Crippen molar-refractivity contribution in [2.24, 2.45) is 0 Å². The van der Waals surface area contributed by atoms with E-state index in [1.54, 1.807) is 24.3 Å². The Morgan fingerprint density at radius 1 is 0.897 bits per heavy atom. The minimum absolute atomic E-state index is 0.214. The molecular formula is C28H36F3N3O4S. The molecule has 0 saturated carbocycles. The minimum atomic E-state index is -5.41. The molecule has 11 heteroatoms. The molecule has 0 aliphatic carbocycles. The summed E-state index contributed by atoms with van der Waals surface area (Å²) in [6.45, 7) is 2.22. The molecule has 0 spiro atoms. The first kappa shape index (κ1) is 30.8. The first-order valence-corrected chi connectivity index (χ1v) is 14.9. The second kappa shape index (κ2) is 14.6. The van der Waals surface area contributed by atoms with Gasteiger partial charge in [0.05, 0.1) is 10.9 Å². The van der Waals surface area contributed by atoms with Crippen molar-refractivity contribution in [2.75, 3.05) is 0 Å². The molecule has 3 rings (SSSR count). The van der Waals surface area contributed by atoms with E-state index in [-0.39, 0.29) is 6.42 Å². The van der Waals surface area contributed by atoms with Crippen molar-refractivity contribution >= 4 is 9.84 Å². The maximum Gasteiger partial charge on any atom is 0.501 e. The van der Waals surface area contributed by atoms with Crippen molar-refractivity contribution in [3.05, 3.63) is 65.5 Å². The Hall–Kier alpha value is -2.76. The molecule has 1 aromatic heterocycles. The van der Waals surface area contributed by atoms with Gasteiger partial charge in [0.15, 0.2) is 5.82 Å². The zero-order valence-electron chi connectivity index (χ0n) is 22.1. The normalized spacial score (nSPS) is 13.1. The Morgan fingerprint density at radius 2 is 1.49 bits per heavy atom. The van der Waals surface area contributed by atoms with Crippen LogP contribution in [0.1, 0.15) is 87.7 Å². The van der Waals surface area contributed by atoms with Crippen molar-refractivity contribution in [3.63, 3.8) is 0 Å². The third kappa shape index (κ3) is 8.87. The first-order chi connectivity index (χ1) is 18.7. The summed E-state index contributed by atoms with van der Waals surface area (Å²) >= 11 is 0. The van der Waals surface area contributed by atoms with E-state index in [1.807, 2.05) is 0 Å². The van der Waals surface area contributed by atoms with E-state index in [0.717, 1.165) is 37.0 Å². The van der Waals surface area contributed by atoms with Crippen LogP contribution in [-0.2, 0) is 22.7 Å². The largest absolute Gasteiger partial charge is 0.501 e. The van der Waals surface area contributed by atoms with Gasteiger partial charge in [-0.1, -0.05) is 87.7 Å². The van der Waals surface area contributed by atoms with Gasteiger partial charge in [-0.15, -0.1) is 0 Å². The van der Waals surface area contributed by atoms with Crippen LogP contribution in [-0.4, -0.2) is 29.3 Å². The number of nitrogens with zero attached hydrogens (tertiary/aromatic N) is 2. The molecule has 0 amide bonds. The summed E-state index contributed by atoms with van der Waals surface area (Å²) < 4.78 is 66.8. The molecule has 0 aliphatic heterocycles. The van der Waals surface area contributed by atoms with Crippen molar-refractivity contribution in [1.82, 2.24) is 15.6 Å². The summed E-state index contributed by atoms with van der Waals surface area (Å²) in [5, 5.41) is 13.7. The predicted octanol–water partition coefficient (Wildman–Crippen LogP) is 7.37. The van der Waals surface area contributed by atoms with E-state index < -0.39 is 26.3 Å². The van der Waals surface area contributed by atoms with Crippen LogP contribution in [0.2, 0.25) is 0 Å². The predicted molar refractivity (Wildman–Crippen MR) is 142 cm³/mol. The number of hydroxylamine groups is 1. The van der Waals surface area contributed by atoms with Gasteiger partial charge in [-0.25, -0.2) is 8.42 Å². The molecule has 1 atom stereocenters. The fourth-order valence-corrected chi connectivity index (χ4v) is 5.10. The third-order valence-electron chi connectivity index (χ3n) is 6.67. The molecule has 3 aromatic rings. The first-order valence-electron chi connectivity index (χ1n) is 13.4. The molecule has 0 fully saturated rings. The molecule has 39 heavy (non-hydrogen) atoms. The molecule has 7 nitrogen and oxygen atoms in total. The smallest absolute Gasteiger partial charge is 0.334 e. The Labute approximate surface area is 227 Å². The number of rotatable bonds is 16. The van der Waals surface area contributed by atoms with Gasteiger partial charge in [0.2, 0.25) is 0 Å². The standard InChI is InChI=1S/C28H36F3N3O4S/c1-2-3-4-5-6-7-8-9-10-11-26-32-27(38-34-26)23-16-14-22(15-17-23)25(33-35)20-21-12-18-24(19-13-21)39(36,37)28(29,30)31/h12-19,25,33,35H,2-11,20H2,1H3. The lowest BCUT2D eigenvalue weighted by Gasteiger charge is -2.16. The minimum Gasteiger partial charge on any atom is -0.334 e. The van der Waals surface area contributed by atoms with Crippen molar-refractivity contribution in [3.8, 4) is 11.5 Å². The summed E-state index contributed by atoms with van der Waals surface area (Å²) in [5.41, 5.74) is -1.18. The van der Waals surface area contributed by atoms with E-state index in [1.165, 1.54) is 57.1 Å². The summed E-state index contributed by atoms with van der Waals surface area (Å²) in [4.78, 5) is 3.66. The summed E-state index contributed by atoms with van der Waals surface area (Å²) in [6, 6.07) is 11.0. The molecule has 0 aliphatic rings. The Balaban J connectivity index is 1.51. The van der Waals surface area contributed by atoms with Gasteiger partial charge in [-0.05, 0) is 48.2 Å². The Bertz CT molecular complexity index is 1240. The van der Waals surface area contributed by atoms with E-state index in [4.69, 9.17) is 4.52 Å². The number of hydrogen-bond acceptors (Lipinski definition) is 7. The quantitative estimate of drug-likeness (QED) is 0.138. The number of aryl methyl sites for hydroxylation is 1. The number of hydrogen-bond donors (Lipinski definition) is 2. The molecule has 0 saturated heterocycles. The number of sulfone groups is 1. The molecule has 0 radical (unpaired) electrons. The molecule has 2 aromatic carbocycles. The van der Waals surface area contributed by atoms with Crippen LogP contribution in [0.15, 0.2) is 57.9 Å². The van der Waals surface area contributed by atoms with Crippen LogP contribution < -0.4 is 5.48 Å². The molecule has 2 N–H and O–H groups in total. The van der Waals surface area contributed by atoms with Crippen LogP contribution in [0.4, 0.5) is 13.2 Å². The van der Waals surface area contributed by atoms with Gasteiger partial charge in [0.25, 0.3) is 15.7 Å². The van der Waals surface area contributed by atoms with E-state index >= 15 is 0 Å². The Morgan fingerprint density at radius 3 is 2.05 bits per heavy atom. The number of halogens is 3. The van der Waals surface area contributed by atoms with Gasteiger partial charge in [0, 0.05) is 12.0 Å². The lowest BCUT2D eigenvalue weighted by Crippen LogP contribution is -2.23. The fraction of sp³-hybridized carbons (Fsp3) is 0.500. The van der Waals surface area contributed by atoms with Crippen LogP contribution in [0.25, 0.3) is 11.5 Å². The third-order valence-corrected chi connectivity index (χ3v) is 8.17. The highest BCUT2D eigenvalue weighted by Crippen LogP contribution is 2.31. The topological polar surface area (TPSA) is 105 Å². The molecule has 0 bridgehead atoms. The van der Waals surface area contributed by atoms with Crippen LogP contribution >= 0.6 is 0 Å². The lowest BCUT2D eigenvalue weighted by atomic mass is 9.98. The number of nitrogens with one attached hydrogen (secondary N) is 1. The highest BCUT2D eigenvalue weighted by Gasteiger charge is 2.46. The van der Waals surface area contributed by atoms with Crippen molar-refractivity contribution in [1.29, 1.82) is 0 Å². The number of unbranched alkanes of at least 4 members (excludes halogenated alkanes) is 8. The monoisotopic (exact) mass is 567 g/mol.